The fourth-order valence-electron chi connectivity index (χ4n) is 3.14. The van der Waals surface area contributed by atoms with E-state index < -0.39 is 5.97 Å². The summed E-state index contributed by atoms with van der Waals surface area (Å²) in [5.74, 6) is 0.0948. The molecule has 7 nitrogen and oxygen atoms in total. The van der Waals surface area contributed by atoms with Crippen molar-refractivity contribution in [2.24, 2.45) is 0 Å². The van der Waals surface area contributed by atoms with E-state index in [4.69, 9.17) is 4.74 Å². The highest BCUT2D eigenvalue weighted by atomic mass is 16.6. The van der Waals surface area contributed by atoms with Crippen LogP contribution in [0.25, 0.3) is 0 Å². The molecule has 1 aromatic carbocycles. The Balaban J connectivity index is 1.67. The van der Waals surface area contributed by atoms with Crippen molar-refractivity contribution in [1.29, 1.82) is 0 Å². The van der Waals surface area contributed by atoms with Gasteiger partial charge in [-0.2, -0.15) is 0 Å². The number of esters is 1. The smallest absolute Gasteiger partial charge is 0.343 e. The van der Waals surface area contributed by atoms with Gasteiger partial charge in [0.05, 0.1) is 12.8 Å². The number of carbonyl (C=O) groups is 2. The molecule has 1 saturated heterocycles. The number of nitrogens with zero attached hydrogens (tertiary/aromatic N) is 2. The maximum Gasteiger partial charge on any atom is 0.343 e. The fraction of sp³-hybridized carbons (Fsp3) is 0.529. The van der Waals surface area contributed by atoms with E-state index >= 15 is 0 Å². The molecule has 1 aromatic rings. The van der Waals surface area contributed by atoms with Crippen molar-refractivity contribution < 1.29 is 19.1 Å². The van der Waals surface area contributed by atoms with Crippen molar-refractivity contribution >= 4 is 17.7 Å². The maximum atomic E-state index is 12.4. The molecule has 2 aliphatic heterocycles. The van der Waals surface area contributed by atoms with Gasteiger partial charge in [0.25, 0.3) is 0 Å². The third-order valence-corrected chi connectivity index (χ3v) is 4.64. The molecule has 0 radical (unpaired) electrons. The van der Waals surface area contributed by atoms with Crippen LogP contribution >= 0.6 is 0 Å². The first-order chi connectivity index (χ1) is 11.6. The van der Waals surface area contributed by atoms with E-state index in [1.165, 1.54) is 7.11 Å². The Morgan fingerprint density at radius 1 is 1.33 bits per heavy atom. The number of piperidine rings is 1. The van der Waals surface area contributed by atoms with Crippen molar-refractivity contribution in [1.82, 2.24) is 9.80 Å². The molecule has 3 rings (SSSR count). The zero-order valence-electron chi connectivity index (χ0n) is 14.1. The number of nitrogens with one attached hydrogen (secondary N) is 1. The van der Waals surface area contributed by atoms with E-state index in [2.05, 4.69) is 22.0 Å². The minimum Gasteiger partial charge on any atom is -0.482 e. The van der Waals surface area contributed by atoms with Gasteiger partial charge < -0.3 is 24.6 Å². The Labute approximate surface area is 141 Å². The summed E-state index contributed by atoms with van der Waals surface area (Å²) in [7, 11) is 3.42. The van der Waals surface area contributed by atoms with E-state index in [1.54, 1.807) is 6.07 Å². The SMILES string of the molecule is COC(=O)COc1ccc2c(c1)NC(=O)N(C1CCN(C)CC1)C2. The predicted octanol–water partition coefficient (Wildman–Crippen LogP) is 1.68. The number of hydrogen-bond acceptors (Lipinski definition) is 5. The quantitative estimate of drug-likeness (QED) is 0.849. The minimum atomic E-state index is -0.440. The zero-order chi connectivity index (χ0) is 17.1. The Kier molecular flexibility index (Phi) is 4.89. The molecule has 0 saturated carbocycles. The topological polar surface area (TPSA) is 71.1 Å². The number of hydrogen-bond donors (Lipinski definition) is 1. The Morgan fingerprint density at radius 2 is 2.08 bits per heavy atom. The van der Waals surface area contributed by atoms with Gasteiger partial charge in [-0.1, -0.05) is 6.07 Å². The van der Waals surface area contributed by atoms with Gasteiger partial charge in [-0.15, -0.1) is 0 Å². The normalized spacial score (nSPS) is 18.8. The summed E-state index contributed by atoms with van der Waals surface area (Å²) < 4.78 is 9.92. The molecule has 130 valence electrons. The molecular weight excluding hydrogens is 310 g/mol. The third-order valence-electron chi connectivity index (χ3n) is 4.64. The van der Waals surface area contributed by atoms with Gasteiger partial charge in [0.2, 0.25) is 0 Å². The number of carbonyl (C=O) groups excluding carboxylic acids is 2. The van der Waals surface area contributed by atoms with Gasteiger partial charge in [-0.05, 0) is 44.6 Å². The largest absolute Gasteiger partial charge is 0.482 e. The molecule has 1 N–H and O–H groups in total. The zero-order valence-corrected chi connectivity index (χ0v) is 14.1. The lowest BCUT2D eigenvalue weighted by molar-refractivity contribution is -0.142. The number of benzene rings is 1. The summed E-state index contributed by atoms with van der Waals surface area (Å²) >= 11 is 0. The molecule has 0 atom stereocenters. The molecule has 1 fully saturated rings. The third kappa shape index (κ3) is 3.62. The van der Waals surface area contributed by atoms with Crippen molar-refractivity contribution in [3.05, 3.63) is 23.8 Å². The first-order valence-corrected chi connectivity index (χ1v) is 8.15. The number of amides is 2. The molecule has 0 bridgehead atoms. The highest BCUT2D eigenvalue weighted by molar-refractivity contribution is 5.92. The second-order valence-electron chi connectivity index (χ2n) is 6.28. The summed E-state index contributed by atoms with van der Waals surface area (Å²) in [6, 6.07) is 5.71. The fourth-order valence-corrected chi connectivity index (χ4v) is 3.14. The van der Waals surface area contributed by atoms with Gasteiger partial charge in [-0.3, -0.25) is 0 Å². The van der Waals surface area contributed by atoms with Crippen LogP contribution in [0.3, 0.4) is 0 Å². The number of likely N-dealkylation sites (tertiary alicyclic amines) is 1. The summed E-state index contributed by atoms with van der Waals surface area (Å²) in [4.78, 5) is 27.8. The monoisotopic (exact) mass is 333 g/mol. The summed E-state index contributed by atoms with van der Waals surface area (Å²) in [6.07, 6.45) is 2.00. The van der Waals surface area contributed by atoms with E-state index in [0.717, 1.165) is 37.2 Å². The van der Waals surface area contributed by atoms with Crippen LogP contribution < -0.4 is 10.1 Å². The average molecular weight is 333 g/mol. The first kappa shape index (κ1) is 16.6. The molecule has 2 heterocycles. The summed E-state index contributed by atoms with van der Waals surface area (Å²) in [6.45, 7) is 2.49. The van der Waals surface area contributed by atoms with Gasteiger partial charge in [0.1, 0.15) is 5.75 Å². The Morgan fingerprint density at radius 3 is 2.79 bits per heavy atom. The molecular formula is C17H23N3O4. The average Bonchev–Trinajstić information content (AvgIpc) is 2.59. The molecule has 24 heavy (non-hydrogen) atoms. The predicted molar refractivity (Wildman–Crippen MR) is 89.0 cm³/mol. The minimum absolute atomic E-state index is 0.0674. The lowest BCUT2D eigenvalue weighted by atomic mass is 10.0. The molecule has 2 amide bonds. The number of methoxy groups -OCH3 is 1. The maximum absolute atomic E-state index is 12.4. The highest BCUT2D eigenvalue weighted by Gasteiger charge is 2.31. The van der Waals surface area contributed by atoms with Crippen molar-refractivity contribution in [3.8, 4) is 5.75 Å². The van der Waals surface area contributed by atoms with Crippen LogP contribution in [-0.4, -0.2) is 61.7 Å². The number of rotatable bonds is 4. The molecule has 0 spiro atoms. The Bertz CT molecular complexity index is 626. The van der Waals surface area contributed by atoms with Gasteiger partial charge in [0.15, 0.2) is 6.61 Å². The molecule has 7 heteroatoms. The van der Waals surface area contributed by atoms with E-state index in [9.17, 15) is 9.59 Å². The molecule has 0 aliphatic carbocycles. The first-order valence-electron chi connectivity index (χ1n) is 8.15. The van der Waals surface area contributed by atoms with E-state index in [1.807, 2.05) is 17.0 Å². The van der Waals surface area contributed by atoms with Crippen LogP contribution in [0.1, 0.15) is 18.4 Å². The van der Waals surface area contributed by atoms with Gasteiger partial charge >= 0.3 is 12.0 Å². The number of urea groups is 1. The van der Waals surface area contributed by atoms with Crippen LogP contribution in [0, 0.1) is 0 Å². The molecule has 0 aromatic heterocycles. The van der Waals surface area contributed by atoms with E-state index in [-0.39, 0.29) is 18.7 Å². The standard InChI is InChI=1S/C17H23N3O4/c1-19-7-5-13(6-8-19)20-10-12-3-4-14(24-11-16(21)23-2)9-15(12)18-17(20)22/h3-4,9,13H,5-8,10-11H2,1-2H3,(H,18,22). The second kappa shape index (κ2) is 7.09. The summed E-state index contributed by atoms with van der Waals surface area (Å²) in [5, 5.41) is 2.94. The Hall–Kier alpha value is -2.28. The number of anilines is 1. The van der Waals surface area contributed by atoms with Crippen LogP contribution in [0.5, 0.6) is 5.75 Å². The van der Waals surface area contributed by atoms with Gasteiger partial charge in [0, 0.05) is 18.7 Å². The van der Waals surface area contributed by atoms with Crippen LogP contribution in [0.2, 0.25) is 0 Å². The molecule has 0 unspecified atom stereocenters. The van der Waals surface area contributed by atoms with Crippen molar-refractivity contribution in [2.45, 2.75) is 25.4 Å². The summed E-state index contributed by atoms with van der Waals surface area (Å²) in [5.41, 5.74) is 1.80. The van der Waals surface area contributed by atoms with Crippen LogP contribution in [0.15, 0.2) is 18.2 Å². The van der Waals surface area contributed by atoms with Gasteiger partial charge in [-0.25, -0.2) is 9.59 Å². The van der Waals surface area contributed by atoms with Crippen molar-refractivity contribution in [3.63, 3.8) is 0 Å². The van der Waals surface area contributed by atoms with Crippen LogP contribution in [-0.2, 0) is 16.1 Å². The lowest BCUT2D eigenvalue weighted by Crippen LogP contribution is -2.49. The number of fused-ring (bicyclic) bond motifs is 1. The molecule has 2 aliphatic rings. The number of ether oxygens (including phenoxy) is 2. The van der Waals surface area contributed by atoms with Crippen LogP contribution in [0.4, 0.5) is 10.5 Å². The second-order valence-corrected chi connectivity index (χ2v) is 6.28. The van der Waals surface area contributed by atoms with Crippen molar-refractivity contribution in [2.75, 3.05) is 39.2 Å². The lowest BCUT2D eigenvalue weighted by Gasteiger charge is -2.39. The highest BCUT2D eigenvalue weighted by Crippen LogP contribution is 2.30. The van der Waals surface area contributed by atoms with E-state index in [0.29, 0.717) is 12.3 Å².